The average Bonchev–Trinajstić information content (AvgIpc) is 2.50. The molecule has 0 N–H and O–H groups in total. The van der Waals surface area contributed by atoms with Gasteiger partial charge in [0.1, 0.15) is 0 Å². The average molecular weight is 258 g/mol. The monoisotopic (exact) mass is 258 g/mol. The number of fused-ring (bicyclic) bond motifs is 4. The molecule has 2 aliphatic carbocycles. The van der Waals surface area contributed by atoms with E-state index in [1.165, 1.54) is 22.3 Å². The van der Waals surface area contributed by atoms with Crippen molar-refractivity contribution in [3.05, 3.63) is 84.0 Å². The van der Waals surface area contributed by atoms with Gasteiger partial charge in [0.25, 0.3) is 0 Å². The third-order valence-electron chi connectivity index (χ3n) is 5.28. The topological polar surface area (TPSA) is 0 Å². The summed E-state index contributed by atoms with van der Waals surface area (Å²) in [4.78, 5) is 0. The molecule has 4 rings (SSSR count). The van der Waals surface area contributed by atoms with Gasteiger partial charge in [-0.1, -0.05) is 86.7 Å². The lowest BCUT2D eigenvalue weighted by Gasteiger charge is -2.57. The minimum absolute atomic E-state index is 0.115. The maximum absolute atomic E-state index is 2.36. The summed E-state index contributed by atoms with van der Waals surface area (Å²) in [6.07, 6.45) is 9.08. The molecule has 0 saturated heterocycles. The second kappa shape index (κ2) is 3.73. The molecule has 0 heterocycles. The highest BCUT2D eigenvalue weighted by Gasteiger charge is 2.56. The Bertz CT molecular complexity index is 736. The van der Waals surface area contributed by atoms with Crippen LogP contribution < -0.4 is 0 Å². The first-order valence-electron chi connectivity index (χ1n) is 7.23. The van der Waals surface area contributed by atoms with Crippen LogP contribution in [-0.2, 0) is 10.8 Å². The van der Waals surface area contributed by atoms with Crippen LogP contribution in [0.1, 0.15) is 25.0 Å². The summed E-state index contributed by atoms with van der Waals surface area (Å²) in [5.74, 6) is 0. The maximum Gasteiger partial charge on any atom is 0.0245 e. The molecular formula is C20H18. The van der Waals surface area contributed by atoms with Crippen molar-refractivity contribution in [3.8, 4) is 11.1 Å². The van der Waals surface area contributed by atoms with Crippen LogP contribution in [0.25, 0.3) is 11.1 Å². The van der Waals surface area contributed by atoms with E-state index in [9.17, 15) is 0 Å². The van der Waals surface area contributed by atoms with E-state index >= 15 is 0 Å². The van der Waals surface area contributed by atoms with Gasteiger partial charge in [0.2, 0.25) is 0 Å². The fourth-order valence-electron chi connectivity index (χ4n) is 3.90. The van der Waals surface area contributed by atoms with Gasteiger partial charge in [-0.25, -0.2) is 0 Å². The van der Waals surface area contributed by atoms with Gasteiger partial charge in [-0.15, -0.1) is 0 Å². The summed E-state index contributed by atoms with van der Waals surface area (Å²) in [5.41, 5.74) is 5.92. The van der Waals surface area contributed by atoms with Gasteiger partial charge in [-0.2, -0.15) is 0 Å². The Hall–Kier alpha value is -2.08. The van der Waals surface area contributed by atoms with Crippen molar-refractivity contribution >= 4 is 0 Å². The van der Waals surface area contributed by atoms with Crippen molar-refractivity contribution in [1.29, 1.82) is 0 Å². The van der Waals surface area contributed by atoms with Crippen molar-refractivity contribution in [3.63, 3.8) is 0 Å². The first kappa shape index (κ1) is 11.7. The Morgan fingerprint density at radius 3 is 2.15 bits per heavy atom. The van der Waals surface area contributed by atoms with Crippen molar-refractivity contribution in [2.24, 2.45) is 0 Å². The van der Waals surface area contributed by atoms with E-state index in [0.29, 0.717) is 0 Å². The minimum Gasteiger partial charge on any atom is -0.0730 e. The first-order valence-corrected chi connectivity index (χ1v) is 7.23. The second-order valence-corrected chi connectivity index (χ2v) is 6.22. The largest absolute Gasteiger partial charge is 0.0730 e. The predicted octanol–water partition coefficient (Wildman–Crippen LogP) is 5.01. The van der Waals surface area contributed by atoms with Gasteiger partial charge >= 0.3 is 0 Å². The molecule has 0 heteroatoms. The summed E-state index contributed by atoms with van der Waals surface area (Å²) in [5, 5.41) is 0. The van der Waals surface area contributed by atoms with E-state index in [0.717, 1.165) is 0 Å². The van der Waals surface area contributed by atoms with Crippen LogP contribution in [0.3, 0.4) is 0 Å². The Morgan fingerprint density at radius 1 is 0.700 bits per heavy atom. The van der Waals surface area contributed by atoms with Crippen LogP contribution in [0.5, 0.6) is 0 Å². The molecule has 0 spiro atoms. The van der Waals surface area contributed by atoms with Crippen molar-refractivity contribution < 1.29 is 0 Å². The van der Waals surface area contributed by atoms with Gasteiger partial charge in [0.15, 0.2) is 0 Å². The van der Waals surface area contributed by atoms with E-state index in [1.54, 1.807) is 0 Å². The van der Waals surface area contributed by atoms with Gasteiger partial charge < -0.3 is 0 Å². The summed E-state index contributed by atoms with van der Waals surface area (Å²) in [6, 6.07) is 17.5. The zero-order valence-corrected chi connectivity index (χ0v) is 11.9. The molecule has 2 aliphatic rings. The van der Waals surface area contributed by atoms with Gasteiger partial charge in [-0.05, 0) is 22.3 Å². The van der Waals surface area contributed by atoms with E-state index in [-0.39, 0.29) is 10.8 Å². The second-order valence-electron chi connectivity index (χ2n) is 6.22. The van der Waals surface area contributed by atoms with E-state index in [1.807, 2.05) is 0 Å². The van der Waals surface area contributed by atoms with Gasteiger partial charge in [-0.3, -0.25) is 0 Å². The molecule has 0 aromatic heterocycles. The van der Waals surface area contributed by atoms with E-state index < -0.39 is 0 Å². The molecule has 0 amide bonds. The number of hydrogen-bond acceptors (Lipinski definition) is 0. The molecule has 0 saturated carbocycles. The minimum atomic E-state index is 0.115. The Kier molecular flexibility index (Phi) is 2.18. The van der Waals surface area contributed by atoms with Crippen molar-refractivity contribution in [1.82, 2.24) is 0 Å². The van der Waals surface area contributed by atoms with Gasteiger partial charge in [0, 0.05) is 10.8 Å². The Labute approximate surface area is 120 Å². The molecule has 2 atom stereocenters. The first-order chi connectivity index (χ1) is 9.67. The molecule has 0 radical (unpaired) electrons. The van der Waals surface area contributed by atoms with Crippen LogP contribution >= 0.6 is 0 Å². The molecule has 20 heavy (non-hydrogen) atoms. The smallest absolute Gasteiger partial charge is 0.0245 e. The molecule has 2 unspecified atom stereocenters. The normalized spacial score (nSPS) is 29.5. The molecule has 0 aliphatic heterocycles. The highest BCUT2D eigenvalue weighted by Crippen LogP contribution is 2.61. The lowest BCUT2D eigenvalue weighted by molar-refractivity contribution is 0.317. The molecule has 0 fully saturated rings. The highest BCUT2D eigenvalue weighted by atomic mass is 14.6. The zero-order valence-electron chi connectivity index (χ0n) is 11.9. The highest BCUT2D eigenvalue weighted by molar-refractivity contribution is 5.78. The lowest BCUT2D eigenvalue weighted by atomic mass is 9.45. The summed E-state index contributed by atoms with van der Waals surface area (Å²) >= 11 is 0. The zero-order chi connectivity index (χ0) is 13.8. The predicted molar refractivity (Wildman–Crippen MR) is 84.9 cm³/mol. The summed E-state index contributed by atoms with van der Waals surface area (Å²) in [7, 11) is 0. The molecule has 98 valence electrons. The Morgan fingerprint density at radius 2 is 1.40 bits per heavy atom. The third-order valence-corrected chi connectivity index (χ3v) is 5.28. The lowest BCUT2D eigenvalue weighted by Crippen LogP contribution is -2.53. The quantitative estimate of drug-likeness (QED) is 0.674. The molecule has 2 aromatic carbocycles. The van der Waals surface area contributed by atoms with Gasteiger partial charge in [0.05, 0.1) is 0 Å². The van der Waals surface area contributed by atoms with Crippen LogP contribution in [0.4, 0.5) is 0 Å². The summed E-state index contributed by atoms with van der Waals surface area (Å²) in [6.45, 7) is 4.71. The van der Waals surface area contributed by atoms with E-state index in [4.69, 9.17) is 0 Å². The number of allylic oxidation sites excluding steroid dienone is 4. The van der Waals surface area contributed by atoms with Crippen LogP contribution in [0.15, 0.2) is 72.8 Å². The fourth-order valence-corrected chi connectivity index (χ4v) is 3.90. The van der Waals surface area contributed by atoms with Crippen LogP contribution in [0, 0.1) is 0 Å². The molecule has 0 nitrogen and oxygen atoms in total. The number of rotatable bonds is 1. The SMILES string of the molecule is CC12C=CC=CC1(C)c1c(-c3ccccc3)cccc12. The van der Waals surface area contributed by atoms with Crippen LogP contribution in [-0.4, -0.2) is 0 Å². The molecule has 2 aromatic rings. The standard InChI is InChI=1S/C20H18/c1-19-13-6-7-14-20(19,2)18-16(11-8-12-17(18)19)15-9-4-3-5-10-15/h3-14H,1-2H3. The number of benzene rings is 2. The molecular weight excluding hydrogens is 240 g/mol. The molecule has 0 bridgehead atoms. The maximum atomic E-state index is 2.36. The van der Waals surface area contributed by atoms with Crippen LogP contribution in [0.2, 0.25) is 0 Å². The van der Waals surface area contributed by atoms with E-state index in [2.05, 4.69) is 86.7 Å². The summed E-state index contributed by atoms with van der Waals surface area (Å²) < 4.78 is 0. The number of hydrogen-bond donors (Lipinski definition) is 0. The Balaban J connectivity index is 2.00. The fraction of sp³-hybridized carbons (Fsp3) is 0.200. The third kappa shape index (κ3) is 1.22. The van der Waals surface area contributed by atoms with Crippen molar-refractivity contribution in [2.75, 3.05) is 0 Å². The van der Waals surface area contributed by atoms with Crippen molar-refractivity contribution in [2.45, 2.75) is 24.7 Å².